The molecule has 1 rings (SSSR count). The summed E-state index contributed by atoms with van der Waals surface area (Å²) in [5.41, 5.74) is 5.61. The van der Waals surface area contributed by atoms with Crippen molar-refractivity contribution in [2.75, 3.05) is 12.5 Å². The van der Waals surface area contributed by atoms with Gasteiger partial charge in [0.25, 0.3) is 5.91 Å². The van der Waals surface area contributed by atoms with E-state index >= 15 is 0 Å². The Morgan fingerprint density at radius 3 is 2.80 bits per heavy atom. The number of benzene rings is 1. The second-order valence-electron chi connectivity index (χ2n) is 3.43. The van der Waals surface area contributed by atoms with Gasteiger partial charge in [-0.1, -0.05) is 19.1 Å². The molecule has 82 valence electrons. The Hall–Kier alpha value is -1.22. The maximum Gasteiger partial charge on any atom is 0.252 e. The summed E-state index contributed by atoms with van der Waals surface area (Å²) in [7, 11) is 0. The third-order valence-corrected chi connectivity index (χ3v) is 2.47. The van der Waals surface area contributed by atoms with Gasteiger partial charge >= 0.3 is 0 Å². The summed E-state index contributed by atoms with van der Waals surface area (Å²) in [5, 5.41) is 0. The molecule has 1 atom stereocenters. The molecule has 0 aliphatic carbocycles. The molecule has 2 N–H and O–H groups in total. The molecule has 0 radical (unpaired) electrons. The minimum atomic E-state index is -0.482. The monoisotopic (exact) mass is 227 g/mol. The van der Waals surface area contributed by atoms with Crippen LogP contribution in [0.3, 0.4) is 0 Å². The third-order valence-electron chi connectivity index (χ3n) is 1.94. The Morgan fingerprint density at radius 2 is 2.20 bits per heavy atom. The van der Waals surface area contributed by atoms with Crippen molar-refractivity contribution in [3.8, 4) is 5.75 Å². The number of para-hydroxylation sites is 1. The first kappa shape index (κ1) is 11.9. The van der Waals surface area contributed by atoms with Gasteiger partial charge in [0, 0.05) is 11.8 Å². The third kappa shape index (κ3) is 3.44. The van der Waals surface area contributed by atoms with Crippen molar-refractivity contribution in [2.45, 2.75) is 6.92 Å². The first-order chi connectivity index (χ1) is 7.15. The number of carbonyl (C=O) groups is 1. The molecule has 0 aromatic heterocycles. The zero-order valence-electron chi connectivity index (χ0n) is 8.57. The zero-order chi connectivity index (χ0) is 11.3. The van der Waals surface area contributed by atoms with E-state index in [0.717, 1.165) is 0 Å². The minimum Gasteiger partial charge on any atom is -0.492 e. The molecule has 1 unspecified atom stereocenters. The molecule has 0 saturated heterocycles. The molecule has 3 nitrogen and oxygen atoms in total. The lowest BCUT2D eigenvalue weighted by molar-refractivity contribution is 0.0995. The van der Waals surface area contributed by atoms with Crippen LogP contribution in [0.25, 0.3) is 0 Å². The van der Waals surface area contributed by atoms with Crippen molar-refractivity contribution in [2.24, 2.45) is 11.7 Å². The fraction of sp³-hybridized carbons (Fsp3) is 0.364. The quantitative estimate of drug-likeness (QED) is 0.783. The Labute approximate surface area is 94.2 Å². The van der Waals surface area contributed by atoms with Crippen molar-refractivity contribution in [3.63, 3.8) is 0 Å². The van der Waals surface area contributed by atoms with Gasteiger partial charge in [-0.3, -0.25) is 4.79 Å². The smallest absolute Gasteiger partial charge is 0.252 e. The highest BCUT2D eigenvalue weighted by atomic mass is 35.5. The lowest BCUT2D eigenvalue weighted by atomic mass is 10.2. The van der Waals surface area contributed by atoms with Crippen LogP contribution in [-0.4, -0.2) is 18.4 Å². The summed E-state index contributed by atoms with van der Waals surface area (Å²) in [5.74, 6) is 0.803. The highest BCUT2D eigenvalue weighted by Gasteiger charge is 2.09. The SMILES string of the molecule is CC(CCl)COc1ccccc1C(N)=O. The summed E-state index contributed by atoms with van der Waals surface area (Å²) in [6.45, 7) is 2.45. The van der Waals surface area contributed by atoms with E-state index in [2.05, 4.69) is 0 Å². The Balaban J connectivity index is 2.72. The van der Waals surface area contributed by atoms with Gasteiger partial charge < -0.3 is 10.5 Å². The molecule has 0 saturated carbocycles. The fourth-order valence-electron chi connectivity index (χ4n) is 1.07. The molecule has 15 heavy (non-hydrogen) atoms. The van der Waals surface area contributed by atoms with Crippen molar-refractivity contribution in [1.29, 1.82) is 0 Å². The number of rotatable bonds is 5. The molecular weight excluding hydrogens is 214 g/mol. The number of hydrogen-bond acceptors (Lipinski definition) is 2. The number of hydrogen-bond donors (Lipinski definition) is 1. The van der Waals surface area contributed by atoms with E-state index in [0.29, 0.717) is 23.8 Å². The maximum atomic E-state index is 11.1. The molecule has 0 heterocycles. The lowest BCUT2D eigenvalue weighted by Gasteiger charge is -2.12. The van der Waals surface area contributed by atoms with Gasteiger partial charge in [-0.05, 0) is 12.1 Å². The maximum absolute atomic E-state index is 11.1. The Kier molecular flexibility index (Phi) is 4.43. The van der Waals surface area contributed by atoms with Crippen LogP contribution in [0.2, 0.25) is 0 Å². The minimum absolute atomic E-state index is 0.243. The number of ether oxygens (including phenoxy) is 1. The Morgan fingerprint density at radius 1 is 1.53 bits per heavy atom. The molecule has 0 spiro atoms. The first-order valence-corrected chi connectivity index (χ1v) is 5.26. The molecule has 0 aliphatic rings. The molecule has 0 bridgehead atoms. The van der Waals surface area contributed by atoms with E-state index in [1.807, 2.05) is 6.92 Å². The van der Waals surface area contributed by atoms with Gasteiger partial charge in [0.05, 0.1) is 12.2 Å². The number of nitrogens with two attached hydrogens (primary N) is 1. The van der Waals surface area contributed by atoms with Crippen LogP contribution in [0.15, 0.2) is 24.3 Å². The first-order valence-electron chi connectivity index (χ1n) is 4.72. The van der Waals surface area contributed by atoms with Gasteiger partial charge in [0.15, 0.2) is 0 Å². The second-order valence-corrected chi connectivity index (χ2v) is 3.74. The van der Waals surface area contributed by atoms with E-state index in [1.165, 1.54) is 0 Å². The predicted octanol–water partition coefficient (Wildman–Crippen LogP) is 2.04. The average molecular weight is 228 g/mol. The highest BCUT2D eigenvalue weighted by Crippen LogP contribution is 2.18. The molecular formula is C11H14ClNO2. The molecule has 1 aromatic carbocycles. The normalized spacial score (nSPS) is 12.1. The van der Waals surface area contributed by atoms with E-state index in [4.69, 9.17) is 22.1 Å². The van der Waals surface area contributed by atoms with Crippen molar-refractivity contribution in [3.05, 3.63) is 29.8 Å². The highest BCUT2D eigenvalue weighted by molar-refractivity contribution is 6.18. The largest absolute Gasteiger partial charge is 0.492 e. The molecule has 0 fully saturated rings. The van der Waals surface area contributed by atoms with E-state index in [-0.39, 0.29) is 5.92 Å². The van der Waals surface area contributed by atoms with Gasteiger partial charge in [-0.15, -0.1) is 11.6 Å². The van der Waals surface area contributed by atoms with Crippen LogP contribution in [0, 0.1) is 5.92 Å². The molecule has 0 aliphatic heterocycles. The van der Waals surface area contributed by atoms with E-state index in [1.54, 1.807) is 24.3 Å². The van der Waals surface area contributed by atoms with Crippen LogP contribution in [0.1, 0.15) is 17.3 Å². The van der Waals surface area contributed by atoms with Gasteiger partial charge in [-0.2, -0.15) is 0 Å². The number of amides is 1. The zero-order valence-corrected chi connectivity index (χ0v) is 9.33. The van der Waals surface area contributed by atoms with Crippen molar-refractivity contribution in [1.82, 2.24) is 0 Å². The van der Waals surface area contributed by atoms with E-state index < -0.39 is 5.91 Å². The van der Waals surface area contributed by atoms with Crippen molar-refractivity contribution < 1.29 is 9.53 Å². The van der Waals surface area contributed by atoms with Crippen LogP contribution < -0.4 is 10.5 Å². The molecule has 4 heteroatoms. The Bertz CT molecular complexity index is 341. The van der Waals surface area contributed by atoms with Crippen LogP contribution in [0.4, 0.5) is 0 Å². The summed E-state index contributed by atoms with van der Waals surface area (Å²) >= 11 is 5.65. The van der Waals surface area contributed by atoms with Gasteiger partial charge in [0.1, 0.15) is 5.75 Å². The molecule has 1 aromatic rings. The van der Waals surface area contributed by atoms with Crippen molar-refractivity contribution >= 4 is 17.5 Å². The van der Waals surface area contributed by atoms with Crippen LogP contribution >= 0.6 is 11.6 Å². The number of carbonyl (C=O) groups excluding carboxylic acids is 1. The lowest BCUT2D eigenvalue weighted by Crippen LogP contribution is -2.15. The van der Waals surface area contributed by atoms with Crippen LogP contribution in [0.5, 0.6) is 5.75 Å². The summed E-state index contributed by atoms with van der Waals surface area (Å²) in [6.07, 6.45) is 0. The summed E-state index contributed by atoms with van der Waals surface area (Å²) < 4.78 is 5.47. The number of primary amides is 1. The standard InChI is InChI=1S/C11H14ClNO2/c1-8(6-12)7-15-10-5-3-2-4-9(10)11(13)14/h2-5,8H,6-7H2,1H3,(H2,13,14). The summed E-state index contributed by atoms with van der Waals surface area (Å²) in [4.78, 5) is 11.1. The predicted molar refractivity (Wildman–Crippen MR) is 60.3 cm³/mol. The van der Waals surface area contributed by atoms with Gasteiger partial charge in [-0.25, -0.2) is 0 Å². The second kappa shape index (κ2) is 5.61. The molecule has 1 amide bonds. The topological polar surface area (TPSA) is 52.3 Å². The average Bonchev–Trinajstić information content (AvgIpc) is 2.26. The number of alkyl halides is 1. The van der Waals surface area contributed by atoms with E-state index in [9.17, 15) is 4.79 Å². The van der Waals surface area contributed by atoms with Crippen LogP contribution in [-0.2, 0) is 0 Å². The van der Waals surface area contributed by atoms with Gasteiger partial charge in [0.2, 0.25) is 0 Å². The number of halogens is 1. The summed E-state index contributed by atoms with van der Waals surface area (Å²) in [6, 6.07) is 6.91. The fourth-order valence-corrected chi connectivity index (χ4v) is 1.16.